The van der Waals surface area contributed by atoms with Crippen LogP contribution in [0.15, 0.2) is 224 Å². The van der Waals surface area contributed by atoms with E-state index in [0.717, 1.165) is 11.4 Å². The van der Waals surface area contributed by atoms with Crippen molar-refractivity contribution < 1.29 is 0 Å². The Morgan fingerprint density at radius 1 is 0.306 bits per heavy atom. The molecule has 0 radical (unpaired) electrons. The normalized spacial score (nSPS) is 12.8. The van der Waals surface area contributed by atoms with Gasteiger partial charge in [0.2, 0.25) is 0 Å². The number of nitrogens with zero attached hydrogens (tertiary/aromatic N) is 1. The van der Waals surface area contributed by atoms with Gasteiger partial charge in [-0.25, -0.2) is 0 Å². The molecule has 0 atom stereocenters. The van der Waals surface area contributed by atoms with E-state index in [0.29, 0.717) is 0 Å². The number of anilines is 3. The topological polar surface area (TPSA) is 3.24 Å². The molecular weight excluding hydrogens is 747 g/mol. The molecule has 1 aliphatic rings. The van der Waals surface area contributed by atoms with Gasteiger partial charge in [0.25, 0.3) is 0 Å². The molecule has 11 aromatic carbocycles. The van der Waals surface area contributed by atoms with Crippen LogP contribution in [-0.4, -0.2) is 0 Å². The van der Waals surface area contributed by atoms with Crippen LogP contribution in [0.2, 0.25) is 0 Å². The Morgan fingerprint density at radius 3 is 1.52 bits per heavy atom. The van der Waals surface area contributed by atoms with Crippen molar-refractivity contribution in [1.29, 1.82) is 0 Å². The summed E-state index contributed by atoms with van der Waals surface area (Å²) >= 11 is 0. The number of rotatable bonds is 6. The van der Waals surface area contributed by atoms with E-state index in [1.807, 2.05) is 0 Å². The summed E-state index contributed by atoms with van der Waals surface area (Å²) in [6.07, 6.45) is 0. The minimum Gasteiger partial charge on any atom is -0.309 e. The molecule has 0 heterocycles. The highest BCUT2D eigenvalue weighted by molar-refractivity contribution is 6.30. The summed E-state index contributed by atoms with van der Waals surface area (Å²) in [5.74, 6) is 0. The van der Waals surface area contributed by atoms with E-state index in [9.17, 15) is 0 Å². The van der Waals surface area contributed by atoms with E-state index in [-0.39, 0.29) is 5.41 Å². The molecule has 11 aromatic rings. The maximum Gasteiger partial charge on any atom is 0.0625 e. The highest BCUT2D eigenvalue weighted by atomic mass is 15.1. The molecule has 292 valence electrons. The molecule has 0 saturated heterocycles. The minimum absolute atomic E-state index is 0.180. The van der Waals surface area contributed by atoms with Crippen LogP contribution < -0.4 is 4.90 Å². The summed E-state index contributed by atoms with van der Waals surface area (Å²) in [7, 11) is 0. The molecule has 0 saturated carbocycles. The number of fused-ring (bicyclic) bond motifs is 10. The first kappa shape index (κ1) is 36.1. The highest BCUT2D eigenvalue weighted by Gasteiger charge is 2.36. The van der Waals surface area contributed by atoms with Crippen LogP contribution in [-0.2, 0) is 5.41 Å². The van der Waals surface area contributed by atoms with Crippen molar-refractivity contribution in [2.24, 2.45) is 0 Å². The van der Waals surface area contributed by atoms with Crippen molar-refractivity contribution >= 4 is 60.2 Å². The maximum absolute atomic E-state index is 2.58. The summed E-state index contributed by atoms with van der Waals surface area (Å²) in [4.78, 5) is 2.58. The fourth-order valence-electron chi connectivity index (χ4n) is 10.5. The molecule has 0 aromatic heterocycles. The van der Waals surface area contributed by atoms with Crippen molar-refractivity contribution in [2.45, 2.75) is 19.3 Å². The summed E-state index contributed by atoms with van der Waals surface area (Å²) in [6.45, 7) is 4.76. The summed E-state index contributed by atoms with van der Waals surface area (Å²) < 4.78 is 0. The Bertz CT molecular complexity index is 3500. The van der Waals surface area contributed by atoms with Crippen molar-refractivity contribution in [1.82, 2.24) is 0 Å². The fourth-order valence-corrected chi connectivity index (χ4v) is 10.5. The molecule has 0 aliphatic heterocycles. The predicted octanol–water partition coefficient (Wildman–Crippen LogP) is 17.1. The zero-order chi connectivity index (χ0) is 41.4. The van der Waals surface area contributed by atoms with Crippen LogP contribution in [0.4, 0.5) is 17.1 Å². The highest BCUT2D eigenvalue weighted by Crippen LogP contribution is 2.54. The van der Waals surface area contributed by atoms with Crippen molar-refractivity contribution in [3.8, 4) is 44.5 Å². The Balaban J connectivity index is 1.25. The van der Waals surface area contributed by atoms with E-state index in [4.69, 9.17) is 0 Å². The van der Waals surface area contributed by atoms with Gasteiger partial charge >= 0.3 is 0 Å². The molecule has 1 nitrogen and oxygen atoms in total. The first-order chi connectivity index (χ1) is 30.5. The second kappa shape index (κ2) is 14.2. The smallest absolute Gasteiger partial charge is 0.0625 e. The Labute approximate surface area is 362 Å². The van der Waals surface area contributed by atoms with E-state index >= 15 is 0 Å². The van der Waals surface area contributed by atoms with Crippen LogP contribution in [0.3, 0.4) is 0 Å². The second-order valence-electron chi connectivity index (χ2n) is 17.2. The third-order valence-electron chi connectivity index (χ3n) is 13.4. The van der Waals surface area contributed by atoms with Crippen LogP contribution in [0.25, 0.3) is 87.6 Å². The number of benzene rings is 11. The van der Waals surface area contributed by atoms with Gasteiger partial charge in [0, 0.05) is 27.7 Å². The first-order valence-electron chi connectivity index (χ1n) is 21.7. The van der Waals surface area contributed by atoms with Crippen molar-refractivity contribution in [3.63, 3.8) is 0 Å². The standard InChI is InChI=1S/C61H43N/c1-61(2)57-31-16-15-28-51(57)52-35-33-44(39-58(52)61)62(43-32-34-46(40-18-5-3-6-19-40)56(38-43)42-20-7-4-8-21-42)60-55(47-30-17-23-41-22-9-10-24-45(41)47)37-36-54-50-27-12-11-25-48(50)49-26-13-14-29-53(49)59(54)60/h3-39H,1-2H3. The third kappa shape index (κ3) is 5.55. The molecule has 0 bridgehead atoms. The van der Waals surface area contributed by atoms with Crippen LogP contribution in [0, 0.1) is 0 Å². The monoisotopic (exact) mass is 789 g/mol. The lowest BCUT2D eigenvalue weighted by atomic mass is 9.82. The van der Waals surface area contributed by atoms with E-state index in [1.54, 1.807) is 0 Å². The molecular formula is C61H43N. The average molecular weight is 790 g/mol. The van der Waals surface area contributed by atoms with Crippen molar-refractivity contribution in [2.75, 3.05) is 4.90 Å². The van der Waals surface area contributed by atoms with Gasteiger partial charge in [-0.05, 0) is 112 Å². The first-order valence-corrected chi connectivity index (χ1v) is 21.7. The minimum atomic E-state index is -0.180. The summed E-state index contributed by atoms with van der Waals surface area (Å²) in [6, 6.07) is 83.2. The van der Waals surface area contributed by atoms with Crippen molar-refractivity contribution in [3.05, 3.63) is 236 Å². The lowest BCUT2D eigenvalue weighted by Gasteiger charge is -2.32. The lowest BCUT2D eigenvalue weighted by molar-refractivity contribution is 0.660. The van der Waals surface area contributed by atoms with Gasteiger partial charge in [-0.1, -0.05) is 214 Å². The van der Waals surface area contributed by atoms with Gasteiger partial charge in [0.1, 0.15) is 0 Å². The average Bonchev–Trinajstić information content (AvgIpc) is 3.57. The summed E-state index contributed by atoms with van der Waals surface area (Å²) in [5.41, 5.74) is 15.7. The van der Waals surface area contributed by atoms with Gasteiger partial charge in [-0.3, -0.25) is 0 Å². The van der Waals surface area contributed by atoms with E-state index in [2.05, 4.69) is 243 Å². The van der Waals surface area contributed by atoms with E-state index < -0.39 is 0 Å². The molecule has 0 unspecified atom stereocenters. The Hall–Kier alpha value is -7.74. The van der Waals surface area contributed by atoms with Gasteiger partial charge in [-0.15, -0.1) is 0 Å². The lowest BCUT2D eigenvalue weighted by Crippen LogP contribution is -2.17. The van der Waals surface area contributed by atoms with E-state index in [1.165, 1.54) is 104 Å². The molecule has 0 N–H and O–H groups in total. The molecule has 1 heteroatoms. The number of hydrogen-bond donors (Lipinski definition) is 0. The summed E-state index contributed by atoms with van der Waals surface area (Å²) in [5, 5.41) is 9.94. The predicted molar refractivity (Wildman–Crippen MR) is 265 cm³/mol. The van der Waals surface area contributed by atoms with Gasteiger partial charge in [-0.2, -0.15) is 0 Å². The SMILES string of the molecule is CC1(C)c2ccccc2-c2ccc(N(c3ccc(-c4ccccc4)c(-c4ccccc4)c3)c3c(-c4cccc5ccccc45)ccc4c5ccccc5c5ccccc5c34)cc21. The molecule has 0 fully saturated rings. The van der Waals surface area contributed by atoms with Crippen LogP contribution in [0.1, 0.15) is 25.0 Å². The zero-order valence-corrected chi connectivity index (χ0v) is 34.8. The zero-order valence-electron chi connectivity index (χ0n) is 34.8. The second-order valence-corrected chi connectivity index (χ2v) is 17.2. The maximum atomic E-state index is 2.58. The molecule has 1 aliphatic carbocycles. The van der Waals surface area contributed by atoms with Gasteiger partial charge < -0.3 is 4.90 Å². The van der Waals surface area contributed by atoms with Crippen LogP contribution >= 0.6 is 0 Å². The van der Waals surface area contributed by atoms with Crippen LogP contribution in [0.5, 0.6) is 0 Å². The Morgan fingerprint density at radius 2 is 0.790 bits per heavy atom. The third-order valence-corrected chi connectivity index (χ3v) is 13.4. The largest absolute Gasteiger partial charge is 0.309 e. The number of hydrogen-bond acceptors (Lipinski definition) is 1. The molecule has 0 spiro atoms. The van der Waals surface area contributed by atoms with Gasteiger partial charge in [0.05, 0.1) is 5.69 Å². The Kier molecular flexibility index (Phi) is 8.27. The molecule has 0 amide bonds. The molecule has 62 heavy (non-hydrogen) atoms. The molecule has 12 rings (SSSR count). The fraction of sp³-hybridized carbons (Fsp3) is 0.0492. The van der Waals surface area contributed by atoms with Gasteiger partial charge in [0.15, 0.2) is 0 Å². The quantitative estimate of drug-likeness (QED) is 0.152.